The van der Waals surface area contributed by atoms with E-state index in [2.05, 4.69) is 0 Å². The van der Waals surface area contributed by atoms with Crippen molar-refractivity contribution in [2.24, 2.45) is 0 Å². The first-order chi connectivity index (χ1) is 12.6. The summed E-state index contributed by atoms with van der Waals surface area (Å²) in [5.74, 6) is -1.25. The third-order valence-electron chi connectivity index (χ3n) is 5.21. The molecule has 3 rings (SSSR count). The largest absolute Gasteiger partial charge is 0.247 e. The number of hydrogen-bond donors (Lipinski definition) is 0. The molecular formula is C23H25F3. The van der Waals surface area contributed by atoms with Gasteiger partial charge in [0.2, 0.25) is 0 Å². The highest BCUT2D eigenvalue weighted by atomic mass is 19.2. The lowest BCUT2D eigenvalue weighted by Crippen LogP contribution is -2.13. The van der Waals surface area contributed by atoms with Crippen LogP contribution in [-0.2, 0) is 0 Å². The molecular weight excluding hydrogens is 333 g/mol. The minimum atomic E-state index is -0.811. The van der Waals surface area contributed by atoms with Gasteiger partial charge in [-0.25, -0.2) is 13.2 Å². The molecule has 138 valence electrons. The summed E-state index contributed by atoms with van der Waals surface area (Å²) < 4.78 is 42.1. The fourth-order valence-corrected chi connectivity index (χ4v) is 3.61. The number of alkyl halides is 1. The van der Waals surface area contributed by atoms with Crippen LogP contribution < -0.4 is 0 Å². The second-order valence-corrected chi connectivity index (χ2v) is 7.09. The van der Waals surface area contributed by atoms with Crippen LogP contribution in [0.15, 0.2) is 42.5 Å². The third kappa shape index (κ3) is 4.20. The van der Waals surface area contributed by atoms with Crippen molar-refractivity contribution in [3.63, 3.8) is 0 Å². The van der Waals surface area contributed by atoms with E-state index in [-0.39, 0.29) is 11.1 Å². The second kappa shape index (κ2) is 8.57. The van der Waals surface area contributed by atoms with Crippen molar-refractivity contribution in [2.75, 3.05) is 0 Å². The van der Waals surface area contributed by atoms with E-state index in [1.54, 1.807) is 18.2 Å². The van der Waals surface area contributed by atoms with Gasteiger partial charge in [-0.15, -0.1) is 0 Å². The third-order valence-corrected chi connectivity index (χ3v) is 5.21. The van der Waals surface area contributed by atoms with Gasteiger partial charge in [-0.3, -0.25) is 0 Å². The molecule has 0 spiro atoms. The molecule has 2 aromatic carbocycles. The molecule has 0 aromatic heterocycles. The van der Waals surface area contributed by atoms with Crippen LogP contribution >= 0.6 is 0 Å². The molecule has 1 fully saturated rings. The minimum absolute atomic E-state index is 0.272. The lowest BCUT2D eigenvalue weighted by molar-refractivity contribution is 0.235. The summed E-state index contributed by atoms with van der Waals surface area (Å²) in [6, 6.07) is 10.8. The fraction of sp³-hybridized carbons (Fsp3) is 0.391. The Balaban J connectivity index is 1.79. The molecule has 0 unspecified atom stereocenters. The maximum absolute atomic E-state index is 14.5. The van der Waals surface area contributed by atoms with Crippen LogP contribution in [0, 0.1) is 11.6 Å². The summed E-state index contributed by atoms with van der Waals surface area (Å²) in [5, 5.41) is 0. The molecule has 1 aliphatic rings. The molecule has 1 saturated carbocycles. The SMILES string of the molecule is CCCC=Cc1ccc(-c2ccc([C@H]3CC[C@H](F)CC3)cc2)c(F)c1F. The van der Waals surface area contributed by atoms with Gasteiger partial charge in [0.25, 0.3) is 0 Å². The van der Waals surface area contributed by atoms with Gasteiger partial charge in [0.15, 0.2) is 11.6 Å². The number of unbranched alkanes of at least 4 members (excludes halogenated alkanes) is 1. The zero-order chi connectivity index (χ0) is 18.5. The Hall–Kier alpha value is -2.03. The molecule has 3 heteroatoms. The van der Waals surface area contributed by atoms with Crippen molar-refractivity contribution in [1.29, 1.82) is 0 Å². The van der Waals surface area contributed by atoms with Gasteiger partial charge in [0.1, 0.15) is 6.17 Å². The lowest BCUT2D eigenvalue weighted by atomic mass is 9.83. The van der Waals surface area contributed by atoms with Gasteiger partial charge in [0, 0.05) is 11.1 Å². The average Bonchev–Trinajstić information content (AvgIpc) is 2.66. The van der Waals surface area contributed by atoms with Gasteiger partial charge in [-0.1, -0.05) is 61.9 Å². The Labute approximate surface area is 153 Å². The first kappa shape index (κ1) is 18.8. The Morgan fingerprint density at radius 3 is 2.27 bits per heavy atom. The highest BCUT2D eigenvalue weighted by Gasteiger charge is 2.22. The lowest BCUT2D eigenvalue weighted by Gasteiger charge is -2.24. The summed E-state index contributed by atoms with van der Waals surface area (Å²) in [4.78, 5) is 0. The quantitative estimate of drug-likeness (QED) is 0.521. The summed E-state index contributed by atoms with van der Waals surface area (Å²) >= 11 is 0. The van der Waals surface area contributed by atoms with Crippen molar-refractivity contribution in [3.05, 3.63) is 65.2 Å². The minimum Gasteiger partial charge on any atom is -0.247 e. The average molecular weight is 358 g/mol. The van der Waals surface area contributed by atoms with E-state index < -0.39 is 17.8 Å². The monoisotopic (exact) mass is 358 g/mol. The molecule has 0 saturated heterocycles. The van der Waals surface area contributed by atoms with Crippen molar-refractivity contribution in [3.8, 4) is 11.1 Å². The predicted molar refractivity (Wildman–Crippen MR) is 102 cm³/mol. The van der Waals surface area contributed by atoms with Gasteiger partial charge in [-0.05, 0) is 49.1 Å². The van der Waals surface area contributed by atoms with E-state index in [4.69, 9.17) is 0 Å². The van der Waals surface area contributed by atoms with Crippen molar-refractivity contribution >= 4 is 6.08 Å². The highest BCUT2D eigenvalue weighted by molar-refractivity contribution is 5.67. The van der Waals surface area contributed by atoms with Gasteiger partial charge >= 0.3 is 0 Å². The van der Waals surface area contributed by atoms with Crippen LogP contribution in [0.4, 0.5) is 13.2 Å². The number of hydrogen-bond acceptors (Lipinski definition) is 0. The van der Waals surface area contributed by atoms with Crippen LogP contribution in [0.2, 0.25) is 0 Å². The molecule has 0 bridgehead atoms. The maximum Gasteiger partial charge on any atom is 0.167 e. The van der Waals surface area contributed by atoms with E-state index >= 15 is 0 Å². The van der Waals surface area contributed by atoms with Crippen LogP contribution in [0.3, 0.4) is 0 Å². The Morgan fingerprint density at radius 2 is 1.62 bits per heavy atom. The highest BCUT2D eigenvalue weighted by Crippen LogP contribution is 2.35. The summed E-state index contributed by atoms with van der Waals surface area (Å²) in [7, 11) is 0. The van der Waals surface area contributed by atoms with Crippen LogP contribution in [0.1, 0.15) is 62.5 Å². The van der Waals surface area contributed by atoms with Crippen molar-refractivity contribution < 1.29 is 13.2 Å². The molecule has 0 atom stereocenters. The van der Waals surface area contributed by atoms with Gasteiger partial charge in [-0.2, -0.15) is 0 Å². The molecule has 0 amide bonds. The molecule has 0 aliphatic heterocycles. The van der Waals surface area contributed by atoms with E-state index in [0.717, 1.165) is 31.2 Å². The molecule has 0 heterocycles. The van der Waals surface area contributed by atoms with Crippen molar-refractivity contribution in [2.45, 2.75) is 57.5 Å². The zero-order valence-electron chi connectivity index (χ0n) is 15.2. The van der Waals surface area contributed by atoms with Crippen LogP contribution in [-0.4, -0.2) is 6.17 Å². The second-order valence-electron chi connectivity index (χ2n) is 7.09. The first-order valence-electron chi connectivity index (χ1n) is 9.49. The van der Waals surface area contributed by atoms with Crippen LogP contribution in [0.5, 0.6) is 0 Å². The van der Waals surface area contributed by atoms with E-state index in [1.165, 1.54) is 0 Å². The van der Waals surface area contributed by atoms with Gasteiger partial charge < -0.3 is 0 Å². The molecule has 1 aliphatic carbocycles. The van der Waals surface area contributed by atoms with E-state index in [0.29, 0.717) is 24.3 Å². The summed E-state index contributed by atoms with van der Waals surface area (Å²) in [6.07, 6.45) is 7.55. The molecule has 26 heavy (non-hydrogen) atoms. The smallest absolute Gasteiger partial charge is 0.167 e. The number of halogens is 3. The summed E-state index contributed by atoms with van der Waals surface area (Å²) in [6.45, 7) is 2.04. The number of rotatable bonds is 5. The van der Waals surface area contributed by atoms with Gasteiger partial charge in [0.05, 0.1) is 0 Å². The Morgan fingerprint density at radius 1 is 0.923 bits per heavy atom. The van der Waals surface area contributed by atoms with E-state index in [9.17, 15) is 13.2 Å². The number of allylic oxidation sites excluding steroid dienone is 1. The topological polar surface area (TPSA) is 0 Å². The molecule has 0 N–H and O–H groups in total. The van der Waals surface area contributed by atoms with Crippen LogP contribution in [0.25, 0.3) is 17.2 Å². The normalized spacial score (nSPS) is 20.6. The zero-order valence-corrected chi connectivity index (χ0v) is 15.2. The Kier molecular flexibility index (Phi) is 6.18. The predicted octanol–water partition coefficient (Wildman–Crippen LogP) is 7.44. The van der Waals surface area contributed by atoms with Crippen molar-refractivity contribution in [1.82, 2.24) is 0 Å². The first-order valence-corrected chi connectivity index (χ1v) is 9.49. The summed E-state index contributed by atoms with van der Waals surface area (Å²) in [5.41, 5.74) is 2.36. The molecule has 0 radical (unpaired) electrons. The molecule has 2 aromatic rings. The number of benzene rings is 2. The maximum atomic E-state index is 14.5. The fourth-order valence-electron chi connectivity index (χ4n) is 3.61. The van der Waals surface area contributed by atoms with E-state index in [1.807, 2.05) is 37.3 Å². The Bertz CT molecular complexity index is 754. The standard InChI is InChI=1S/C23H25F3/c1-2-3-4-5-19-12-15-21(23(26)22(19)25)18-8-6-16(7-9-18)17-10-13-20(24)14-11-17/h4-9,12,15,17,20H,2-3,10-11,13-14H2,1H3/t17-,20-. The molecule has 0 nitrogen and oxygen atoms in total.